The van der Waals surface area contributed by atoms with E-state index in [1.165, 1.54) is 25.7 Å². The highest BCUT2D eigenvalue weighted by molar-refractivity contribution is 4.91. The van der Waals surface area contributed by atoms with Crippen molar-refractivity contribution in [2.45, 2.75) is 87.1 Å². The highest BCUT2D eigenvalue weighted by Gasteiger charge is 2.37. The van der Waals surface area contributed by atoms with Gasteiger partial charge in [-0.15, -0.1) is 0 Å². The summed E-state index contributed by atoms with van der Waals surface area (Å²) < 4.78 is 0. The third-order valence-corrected chi connectivity index (χ3v) is 3.94. The van der Waals surface area contributed by atoms with Crippen molar-refractivity contribution >= 4 is 0 Å². The van der Waals surface area contributed by atoms with Gasteiger partial charge < -0.3 is 5.32 Å². The first kappa shape index (κ1) is 18.0. The number of hydrogen-bond donors (Lipinski definition) is 1. The van der Waals surface area contributed by atoms with Crippen molar-refractivity contribution in [2.75, 3.05) is 6.54 Å². The summed E-state index contributed by atoms with van der Waals surface area (Å²) in [5, 5.41) is 3.85. The Kier molecular flexibility index (Phi) is 7.51. The summed E-state index contributed by atoms with van der Waals surface area (Å²) in [5.74, 6) is 0.749. The maximum absolute atomic E-state index is 3.85. The number of rotatable bonds is 7. The van der Waals surface area contributed by atoms with Gasteiger partial charge in [0.1, 0.15) is 0 Å². The van der Waals surface area contributed by atoms with E-state index < -0.39 is 0 Å². The van der Waals surface area contributed by atoms with E-state index in [0.29, 0.717) is 16.9 Å². The SMILES string of the molecule is CCCCNC(C(CCC)C(C)(C)C)C(C)(C)C. The maximum Gasteiger partial charge on any atom is 0.0149 e. The van der Waals surface area contributed by atoms with Gasteiger partial charge in [0.15, 0.2) is 0 Å². The molecule has 1 nitrogen and oxygen atoms in total. The van der Waals surface area contributed by atoms with Crippen LogP contribution in [0, 0.1) is 16.7 Å². The van der Waals surface area contributed by atoms with E-state index in [0.717, 1.165) is 12.5 Å². The van der Waals surface area contributed by atoms with Crippen LogP contribution in [0.3, 0.4) is 0 Å². The third kappa shape index (κ3) is 6.22. The summed E-state index contributed by atoms with van der Waals surface area (Å²) in [5.41, 5.74) is 0.716. The van der Waals surface area contributed by atoms with E-state index >= 15 is 0 Å². The van der Waals surface area contributed by atoms with E-state index in [-0.39, 0.29) is 0 Å². The molecule has 1 N–H and O–H groups in total. The second-order valence-corrected chi connectivity index (χ2v) is 7.91. The Balaban J connectivity index is 4.88. The molecule has 110 valence electrons. The predicted octanol–water partition coefficient (Wildman–Crippen LogP) is 5.25. The van der Waals surface area contributed by atoms with Gasteiger partial charge >= 0.3 is 0 Å². The lowest BCUT2D eigenvalue weighted by Gasteiger charge is -2.44. The fourth-order valence-corrected chi connectivity index (χ4v) is 2.90. The van der Waals surface area contributed by atoms with Crippen LogP contribution in [0.5, 0.6) is 0 Å². The fraction of sp³-hybridized carbons (Fsp3) is 1.00. The number of nitrogens with one attached hydrogen (secondary N) is 1. The molecular formula is C17H37N. The zero-order valence-corrected chi connectivity index (χ0v) is 14.2. The van der Waals surface area contributed by atoms with Crippen LogP contribution in [-0.4, -0.2) is 12.6 Å². The highest BCUT2D eigenvalue weighted by atomic mass is 14.9. The van der Waals surface area contributed by atoms with Gasteiger partial charge in [-0.1, -0.05) is 68.2 Å². The van der Waals surface area contributed by atoms with E-state index in [9.17, 15) is 0 Å². The van der Waals surface area contributed by atoms with E-state index in [1.807, 2.05) is 0 Å². The Bertz CT molecular complexity index is 207. The molecule has 0 aliphatic carbocycles. The molecule has 0 bridgehead atoms. The zero-order chi connectivity index (χ0) is 14.4. The first-order chi connectivity index (χ1) is 8.14. The second-order valence-electron chi connectivity index (χ2n) is 7.91. The molecule has 0 spiro atoms. The van der Waals surface area contributed by atoms with E-state index in [2.05, 4.69) is 60.7 Å². The molecule has 0 fully saturated rings. The summed E-state index contributed by atoms with van der Waals surface area (Å²) in [6.45, 7) is 20.1. The van der Waals surface area contributed by atoms with Gasteiger partial charge in [0.2, 0.25) is 0 Å². The van der Waals surface area contributed by atoms with E-state index in [1.54, 1.807) is 0 Å². The van der Waals surface area contributed by atoms with Crippen molar-refractivity contribution in [1.82, 2.24) is 5.32 Å². The molecule has 0 aliphatic heterocycles. The molecule has 18 heavy (non-hydrogen) atoms. The van der Waals surface area contributed by atoms with Gasteiger partial charge in [-0.3, -0.25) is 0 Å². The Morgan fingerprint density at radius 1 is 0.833 bits per heavy atom. The molecular weight excluding hydrogens is 218 g/mol. The van der Waals surface area contributed by atoms with Crippen molar-refractivity contribution in [3.05, 3.63) is 0 Å². The highest BCUT2D eigenvalue weighted by Crippen LogP contribution is 2.39. The molecule has 1 heteroatoms. The topological polar surface area (TPSA) is 12.0 Å². The Morgan fingerprint density at radius 3 is 1.72 bits per heavy atom. The Morgan fingerprint density at radius 2 is 1.39 bits per heavy atom. The lowest BCUT2D eigenvalue weighted by Crippen LogP contribution is -2.50. The van der Waals surface area contributed by atoms with Crippen molar-refractivity contribution in [3.63, 3.8) is 0 Å². The Hall–Kier alpha value is -0.0400. The minimum absolute atomic E-state index is 0.334. The van der Waals surface area contributed by atoms with Crippen molar-refractivity contribution in [1.29, 1.82) is 0 Å². The molecule has 0 rings (SSSR count). The van der Waals surface area contributed by atoms with Crippen LogP contribution in [0.15, 0.2) is 0 Å². The minimum atomic E-state index is 0.334. The van der Waals surface area contributed by atoms with Crippen LogP contribution in [0.2, 0.25) is 0 Å². The molecule has 0 saturated heterocycles. The lowest BCUT2D eigenvalue weighted by molar-refractivity contribution is 0.0939. The van der Waals surface area contributed by atoms with Gasteiger partial charge in [-0.2, -0.15) is 0 Å². The molecule has 0 aromatic carbocycles. The molecule has 0 amide bonds. The third-order valence-electron chi connectivity index (χ3n) is 3.94. The molecule has 0 radical (unpaired) electrons. The predicted molar refractivity (Wildman–Crippen MR) is 84.0 cm³/mol. The quantitative estimate of drug-likeness (QED) is 0.612. The molecule has 0 aliphatic rings. The normalized spacial score (nSPS) is 16.7. The summed E-state index contributed by atoms with van der Waals surface area (Å²) in [6, 6.07) is 0.615. The summed E-state index contributed by atoms with van der Waals surface area (Å²) in [7, 11) is 0. The van der Waals surface area contributed by atoms with Crippen molar-refractivity contribution in [3.8, 4) is 0 Å². The van der Waals surface area contributed by atoms with Crippen LogP contribution >= 0.6 is 0 Å². The Labute approximate surface area is 116 Å². The van der Waals surface area contributed by atoms with Gasteiger partial charge in [-0.05, 0) is 36.1 Å². The van der Waals surface area contributed by atoms with Crippen molar-refractivity contribution < 1.29 is 0 Å². The second kappa shape index (κ2) is 7.53. The summed E-state index contributed by atoms with van der Waals surface area (Å²) in [6.07, 6.45) is 5.17. The standard InChI is InChI=1S/C17H37N/c1-9-11-13-18-15(17(6,7)8)14(12-10-2)16(3,4)5/h14-15,18H,9-13H2,1-8H3. The largest absolute Gasteiger partial charge is 0.313 e. The van der Waals surface area contributed by atoms with Crippen LogP contribution in [-0.2, 0) is 0 Å². The van der Waals surface area contributed by atoms with Crippen LogP contribution < -0.4 is 5.32 Å². The van der Waals surface area contributed by atoms with Crippen LogP contribution in [0.1, 0.15) is 81.1 Å². The van der Waals surface area contributed by atoms with Gasteiger partial charge in [0, 0.05) is 6.04 Å². The zero-order valence-electron chi connectivity index (χ0n) is 14.2. The summed E-state index contributed by atoms with van der Waals surface area (Å²) >= 11 is 0. The molecule has 0 heterocycles. The maximum atomic E-state index is 3.85. The van der Waals surface area contributed by atoms with Gasteiger partial charge in [0.25, 0.3) is 0 Å². The number of hydrogen-bond acceptors (Lipinski definition) is 1. The van der Waals surface area contributed by atoms with Crippen LogP contribution in [0.25, 0.3) is 0 Å². The lowest BCUT2D eigenvalue weighted by atomic mass is 9.66. The first-order valence-corrected chi connectivity index (χ1v) is 7.88. The smallest absolute Gasteiger partial charge is 0.0149 e. The number of unbranched alkanes of at least 4 members (excludes halogenated alkanes) is 1. The minimum Gasteiger partial charge on any atom is -0.313 e. The average Bonchev–Trinajstić information content (AvgIpc) is 2.19. The van der Waals surface area contributed by atoms with Gasteiger partial charge in [-0.25, -0.2) is 0 Å². The fourth-order valence-electron chi connectivity index (χ4n) is 2.90. The van der Waals surface area contributed by atoms with Crippen LogP contribution in [0.4, 0.5) is 0 Å². The first-order valence-electron chi connectivity index (χ1n) is 7.88. The van der Waals surface area contributed by atoms with E-state index in [4.69, 9.17) is 0 Å². The molecule has 2 atom stereocenters. The molecule has 0 saturated carbocycles. The molecule has 2 unspecified atom stereocenters. The monoisotopic (exact) mass is 255 g/mol. The summed E-state index contributed by atoms with van der Waals surface area (Å²) in [4.78, 5) is 0. The molecule has 0 aromatic rings. The van der Waals surface area contributed by atoms with Crippen molar-refractivity contribution in [2.24, 2.45) is 16.7 Å². The van der Waals surface area contributed by atoms with Gasteiger partial charge in [0.05, 0.1) is 0 Å². The molecule has 0 aromatic heterocycles. The average molecular weight is 255 g/mol.